The Morgan fingerprint density at radius 3 is 2.19 bits per heavy atom. The number of carbonyl (C=O) groups excluding carboxylic acids is 1. The van der Waals surface area contributed by atoms with Crippen LogP contribution in [0.15, 0.2) is 89.3 Å². The molecule has 0 radical (unpaired) electrons. The summed E-state index contributed by atoms with van der Waals surface area (Å²) < 4.78 is 32.6. The van der Waals surface area contributed by atoms with Crippen molar-refractivity contribution in [2.75, 3.05) is 15.9 Å². The van der Waals surface area contributed by atoms with Crippen LogP contribution in [-0.4, -0.2) is 20.6 Å². The van der Waals surface area contributed by atoms with Crippen molar-refractivity contribution >= 4 is 49.2 Å². The quantitative estimate of drug-likeness (QED) is 0.293. The molecule has 0 aliphatic rings. The fraction of sp³-hybridized carbons (Fsp3) is 0.138. The van der Waals surface area contributed by atoms with E-state index in [1.165, 1.54) is 10.6 Å². The number of hydrogen-bond donors (Lipinski definition) is 1. The number of rotatable bonds is 6. The zero-order chi connectivity index (χ0) is 25.4. The van der Waals surface area contributed by atoms with Gasteiger partial charge in [0, 0.05) is 28.1 Å². The maximum absolute atomic E-state index is 12.9. The molecule has 0 atom stereocenters. The Bertz CT molecular complexity index is 1680. The Labute approximate surface area is 210 Å². The monoisotopic (exact) mass is 498 g/mol. The smallest absolute Gasteiger partial charge is 0.255 e. The Morgan fingerprint density at radius 2 is 1.50 bits per heavy atom. The van der Waals surface area contributed by atoms with Crippen LogP contribution in [0.4, 0.5) is 11.4 Å². The Hall–Kier alpha value is -4.10. The van der Waals surface area contributed by atoms with Crippen LogP contribution in [0.5, 0.6) is 0 Å². The number of nitrogens with zero attached hydrogens (tertiary/aromatic N) is 1. The molecule has 0 saturated carbocycles. The molecule has 1 N–H and O–H groups in total. The average molecular weight is 499 g/mol. The molecule has 0 unspecified atom stereocenters. The topological polar surface area (TPSA) is 79.6 Å². The van der Waals surface area contributed by atoms with Gasteiger partial charge in [-0.15, -0.1) is 0 Å². The van der Waals surface area contributed by atoms with Crippen LogP contribution in [0.25, 0.3) is 21.9 Å². The van der Waals surface area contributed by atoms with Crippen molar-refractivity contribution in [3.05, 3.63) is 107 Å². The van der Waals surface area contributed by atoms with Crippen molar-refractivity contribution in [2.24, 2.45) is 0 Å². The molecule has 6 nitrogen and oxygen atoms in total. The number of fused-ring (bicyclic) bond motifs is 3. The second kappa shape index (κ2) is 9.17. The highest BCUT2D eigenvalue weighted by Gasteiger charge is 2.21. The van der Waals surface area contributed by atoms with E-state index >= 15 is 0 Å². The first-order valence-corrected chi connectivity index (χ1v) is 13.4. The maximum atomic E-state index is 12.9. The van der Waals surface area contributed by atoms with E-state index in [4.69, 9.17) is 4.42 Å². The molecule has 182 valence electrons. The Morgan fingerprint density at radius 1 is 0.833 bits per heavy atom. The molecule has 5 rings (SSSR count). The van der Waals surface area contributed by atoms with Crippen molar-refractivity contribution in [1.82, 2.24) is 0 Å². The summed E-state index contributed by atoms with van der Waals surface area (Å²) in [6.07, 6.45) is 1.21. The summed E-state index contributed by atoms with van der Waals surface area (Å²) in [6, 6.07) is 26.1. The minimum absolute atomic E-state index is 0.176. The van der Waals surface area contributed by atoms with Gasteiger partial charge in [0.05, 0.1) is 18.5 Å². The van der Waals surface area contributed by atoms with Crippen LogP contribution in [0.1, 0.15) is 27.0 Å². The van der Waals surface area contributed by atoms with Gasteiger partial charge in [0.2, 0.25) is 10.0 Å². The minimum atomic E-state index is -3.51. The summed E-state index contributed by atoms with van der Waals surface area (Å²) in [7, 11) is -3.51. The molecule has 0 saturated heterocycles. The van der Waals surface area contributed by atoms with Gasteiger partial charge in [-0.3, -0.25) is 9.10 Å². The molecule has 1 amide bonds. The zero-order valence-electron chi connectivity index (χ0n) is 20.3. The van der Waals surface area contributed by atoms with E-state index < -0.39 is 10.0 Å². The highest BCUT2D eigenvalue weighted by atomic mass is 32.2. The molecular weight excluding hydrogens is 472 g/mol. The maximum Gasteiger partial charge on any atom is 0.255 e. The van der Waals surface area contributed by atoms with Gasteiger partial charge in [-0.05, 0) is 60.9 Å². The summed E-state index contributed by atoms with van der Waals surface area (Å²) in [5, 5.41) is 4.94. The Balaban J connectivity index is 1.35. The standard InChI is InChI=1S/C29H26N2O4S/c1-19-7-6-8-20(2)28(19)31(36(3,33)34)18-21-11-13-22(14-12-21)29(32)30-23-15-16-25-24-9-4-5-10-26(24)35-27(25)17-23/h4-17H,18H2,1-3H3,(H,30,32). The van der Waals surface area contributed by atoms with Gasteiger partial charge >= 0.3 is 0 Å². The van der Waals surface area contributed by atoms with Crippen LogP contribution in [0.3, 0.4) is 0 Å². The number of carbonyl (C=O) groups is 1. The normalized spacial score (nSPS) is 11.6. The summed E-state index contributed by atoms with van der Waals surface area (Å²) in [6.45, 7) is 3.97. The number of aryl methyl sites for hydroxylation is 2. The van der Waals surface area contributed by atoms with E-state index in [2.05, 4.69) is 5.32 Å². The van der Waals surface area contributed by atoms with Crippen molar-refractivity contribution in [1.29, 1.82) is 0 Å². The molecular formula is C29H26N2O4S. The molecule has 0 aliphatic heterocycles. The molecule has 0 bridgehead atoms. The lowest BCUT2D eigenvalue weighted by Gasteiger charge is -2.26. The van der Waals surface area contributed by atoms with E-state index in [0.717, 1.165) is 33.0 Å². The molecule has 36 heavy (non-hydrogen) atoms. The fourth-order valence-corrected chi connectivity index (χ4v) is 5.50. The van der Waals surface area contributed by atoms with Crippen molar-refractivity contribution in [3.8, 4) is 0 Å². The van der Waals surface area contributed by atoms with E-state index in [1.807, 2.05) is 74.5 Å². The van der Waals surface area contributed by atoms with Crippen LogP contribution in [0.2, 0.25) is 0 Å². The first-order valence-electron chi connectivity index (χ1n) is 11.6. The van der Waals surface area contributed by atoms with E-state index in [0.29, 0.717) is 22.5 Å². The first kappa shape index (κ1) is 23.6. The molecule has 1 aromatic heterocycles. The second-order valence-corrected chi connectivity index (χ2v) is 10.9. The summed E-state index contributed by atoms with van der Waals surface area (Å²) in [4.78, 5) is 12.9. The number of furan rings is 1. The lowest BCUT2D eigenvalue weighted by Crippen LogP contribution is -2.30. The van der Waals surface area contributed by atoms with Crippen molar-refractivity contribution in [3.63, 3.8) is 0 Å². The average Bonchev–Trinajstić information content (AvgIpc) is 3.21. The van der Waals surface area contributed by atoms with Crippen LogP contribution >= 0.6 is 0 Å². The van der Waals surface area contributed by atoms with Gasteiger partial charge in [0.1, 0.15) is 11.2 Å². The highest BCUT2D eigenvalue weighted by Crippen LogP contribution is 2.31. The second-order valence-electron chi connectivity index (χ2n) is 8.97. The van der Waals surface area contributed by atoms with Gasteiger partial charge in [-0.1, -0.05) is 48.5 Å². The summed E-state index contributed by atoms with van der Waals surface area (Å²) in [5.41, 5.74) is 5.85. The summed E-state index contributed by atoms with van der Waals surface area (Å²) in [5.74, 6) is -0.258. The number of benzene rings is 4. The molecule has 7 heteroatoms. The molecule has 0 spiro atoms. The van der Waals surface area contributed by atoms with Crippen molar-refractivity contribution < 1.29 is 17.6 Å². The van der Waals surface area contributed by atoms with Gasteiger partial charge in [0.15, 0.2) is 0 Å². The largest absolute Gasteiger partial charge is 0.456 e. The SMILES string of the molecule is Cc1cccc(C)c1N(Cc1ccc(C(=O)Nc2ccc3c(c2)oc2ccccc23)cc1)S(C)(=O)=O. The van der Waals surface area contributed by atoms with Crippen LogP contribution < -0.4 is 9.62 Å². The Kier molecular flexibility index (Phi) is 6.02. The van der Waals surface area contributed by atoms with Gasteiger partial charge in [-0.2, -0.15) is 0 Å². The molecule has 5 aromatic rings. The molecule has 4 aromatic carbocycles. The molecule has 0 fully saturated rings. The molecule has 1 heterocycles. The van der Waals surface area contributed by atoms with E-state index in [1.54, 1.807) is 24.3 Å². The van der Waals surface area contributed by atoms with Gasteiger partial charge in [0.25, 0.3) is 5.91 Å². The zero-order valence-corrected chi connectivity index (χ0v) is 21.1. The predicted octanol–water partition coefficient (Wildman–Crippen LogP) is 6.42. The minimum Gasteiger partial charge on any atom is -0.456 e. The third-order valence-corrected chi connectivity index (χ3v) is 7.38. The number of nitrogens with one attached hydrogen (secondary N) is 1. The highest BCUT2D eigenvalue weighted by molar-refractivity contribution is 7.92. The fourth-order valence-electron chi connectivity index (χ4n) is 4.50. The van der Waals surface area contributed by atoms with Crippen molar-refractivity contribution in [2.45, 2.75) is 20.4 Å². The lowest BCUT2D eigenvalue weighted by molar-refractivity contribution is 0.102. The number of sulfonamides is 1. The third kappa shape index (κ3) is 4.57. The first-order chi connectivity index (χ1) is 17.2. The lowest BCUT2D eigenvalue weighted by atomic mass is 10.1. The van der Waals surface area contributed by atoms with E-state index in [-0.39, 0.29) is 12.5 Å². The molecule has 0 aliphatic carbocycles. The number of hydrogen-bond acceptors (Lipinski definition) is 4. The third-order valence-electron chi connectivity index (χ3n) is 6.27. The van der Waals surface area contributed by atoms with E-state index in [9.17, 15) is 13.2 Å². The summed E-state index contributed by atoms with van der Waals surface area (Å²) >= 11 is 0. The number of amides is 1. The van der Waals surface area contributed by atoms with Gasteiger partial charge in [-0.25, -0.2) is 8.42 Å². The van der Waals surface area contributed by atoms with Crippen LogP contribution in [-0.2, 0) is 16.6 Å². The van der Waals surface area contributed by atoms with Gasteiger partial charge < -0.3 is 9.73 Å². The predicted molar refractivity (Wildman–Crippen MR) is 145 cm³/mol. The number of anilines is 2. The van der Waals surface area contributed by atoms with Crippen LogP contribution in [0, 0.1) is 13.8 Å². The number of para-hydroxylation sites is 2.